The summed E-state index contributed by atoms with van der Waals surface area (Å²) in [5.74, 6) is 0. The van der Waals surface area contributed by atoms with Crippen LogP contribution in [0, 0.1) is 0 Å². The highest BCUT2D eigenvalue weighted by atomic mass is 32.1. The Morgan fingerprint density at radius 3 is 2.82 bits per heavy atom. The lowest BCUT2D eigenvalue weighted by Crippen LogP contribution is -1.84. The van der Waals surface area contributed by atoms with Gasteiger partial charge in [0.15, 0.2) is 5.01 Å². The highest BCUT2D eigenvalue weighted by molar-refractivity contribution is 7.21. The molecule has 0 bridgehead atoms. The predicted octanol–water partition coefficient (Wildman–Crippen LogP) is 3.43. The van der Waals surface area contributed by atoms with E-state index in [1.807, 2.05) is 18.5 Å². The molecule has 7 heteroatoms. The van der Waals surface area contributed by atoms with E-state index in [0.29, 0.717) is 0 Å². The number of aromatic nitrogens is 3. The van der Waals surface area contributed by atoms with Crippen LogP contribution in [0.2, 0.25) is 0 Å². The third kappa shape index (κ3) is 2.08. The van der Waals surface area contributed by atoms with E-state index >= 15 is 0 Å². The fourth-order valence-electron chi connectivity index (χ4n) is 1.31. The number of thiazole rings is 1. The summed E-state index contributed by atoms with van der Waals surface area (Å²) in [6.45, 7) is 0. The average Bonchev–Trinajstić information content (AvgIpc) is 3.09. The molecule has 4 nitrogen and oxygen atoms in total. The Bertz CT molecular complexity index is 611. The van der Waals surface area contributed by atoms with Gasteiger partial charge in [-0.2, -0.15) is 0 Å². The Hall–Kier alpha value is -1.31. The molecule has 17 heavy (non-hydrogen) atoms. The molecule has 1 N–H and O–H groups in total. The van der Waals surface area contributed by atoms with Crippen LogP contribution in [-0.2, 0) is 0 Å². The van der Waals surface area contributed by atoms with Crippen molar-refractivity contribution < 1.29 is 0 Å². The molecule has 0 aliphatic carbocycles. The van der Waals surface area contributed by atoms with E-state index in [9.17, 15) is 0 Å². The van der Waals surface area contributed by atoms with Crippen LogP contribution in [0.5, 0.6) is 0 Å². The van der Waals surface area contributed by atoms with Crippen LogP contribution >= 0.6 is 34.0 Å². The monoisotopic (exact) mass is 280 g/mol. The van der Waals surface area contributed by atoms with E-state index < -0.39 is 0 Å². The molecule has 0 aromatic carbocycles. The lowest BCUT2D eigenvalue weighted by Gasteiger charge is -1.87. The third-order valence-corrected chi connectivity index (χ3v) is 4.94. The molecule has 0 atom stereocenters. The molecule has 3 heterocycles. The summed E-state index contributed by atoms with van der Waals surface area (Å²) in [5, 5.41) is 17.9. The molecular formula is C10H8N4S3. The van der Waals surface area contributed by atoms with Gasteiger partial charge in [0.1, 0.15) is 10.7 Å². The Labute approximate surface area is 110 Å². The van der Waals surface area contributed by atoms with Gasteiger partial charge in [-0.1, -0.05) is 17.4 Å². The number of nitrogens with one attached hydrogen (secondary N) is 1. The minimum absolute atomic E-state index is 0.811. The number of hydrogen-bond acceptors (Lipinski definition) is 7. The van der Waals surface area contributed by atoms with Crippen molar-refractivity contribution >= 4 is 39.1 Å². The highest BCUT2D eigenvalue weighted by Crippen LogP contribution is 2.33. The second-order valence-electron chi connectivity index (χ2n) is 3.18. The summed E-state index contributed by atoms with van der Waals surface area (Å²) >= 11 is 4.84. The molecule has 0 spiro atoms. The lowest BCUT2D eigenvalue weighted by molar-refractivity contribution is 1.09. The number of hydrogen-bond donors (Lipinski definition) is 1. The van der Waals surface area contributed by atoms with Gasteiger partial charge in [0.2, 0.25) is 5.13 Å². The fraction of sp³-hybridized carbons (Fsp3) is 0.100. The Balaban J connectivity index is 1.94. The molecule has 0 aliphatic rings. The highest BCUT2D eigenvalue weighted by Gasteiger charge is 2.11. The predicted molar refractivity (Wildman–Crippen MR) is 73.9 cm³/mol. The van der Waals surface area contributed by atoms with Gasteiger partial charge in [-0.3, -0.25) is 0 Å². The molecule has 0 amide bonds. The molecule has 0 saturated carbocycles. The molecule has 0 radical (unpaired) electrons. The fourth-order valence-corrected chi connectivity index (χ4v) is 3.66. The van der Waals surface area contributed by atoms with Crippen molar-refractivity contribution in [3.05, 3.63) is 22.9 Å². The first kappa shape index (κ1) is 10.8. The van der Waals surface area contributed by atoms with Crippen LogP contribution in [-0.4, -0.2) is 22.2 Å². The van der Waals surface area contributed by atoms with E-state index in [0.717, 1.165) is 20.8 Å². The smallest absolute Gasteiger partial charge is 0.205 e. The Kier molecular flexibility index (Phi) is 2.87. The zero-order valence-electron chi connectivity index (χ0n) is 8.88. The molecule has 0 unspecified atom stereocenters. The van der Waals surface area contributed by atoms with Gasteiger partial charge in [-0.15, -0.1) is 32.9 Å². The van der Waals surface area contributed by atoms with Gasteiger partial charge < -0.3 is 5.32 Å². The summed E-state index contributed by atoms with van der Waals surface area (Å²) in [6, 6.07) is 4.11. The van der Waals surface area contributed by atoms with Gasteiger partial charge >= 0.3 is 0 Å². The average molecular weight is 280 g/mol. The number of anilines is 1. The summed E-state index contributed by atoms with van der Waals surface area (Å²) < 4.78 is 0. The van der Waals surface area contributed by atoms with Gasteiger partial charge in [0.25, 0.3) is 0 Å². The first-order valence-electron chi connectivity index (χ1n) is 4.88. The number of thiophene rings is 1. The summed E-state index contributed by atoms with van der Waals surface area (Å²) in [7, 11) is 1.84. The van der Waals surface area contributed by atoms with Crippen molar-refractivity contribution in [2.45, 2.75) is 0 Å². The summed E-state index contributed by atoms with van der Waals surface area (Å²) in [4.78, 5) is 5.77. The van der Waals surface area contributed by atoms with E-state index in [-0.39, 0.29) is 0 Å². The van der Waals surface area contributed by atoms with E-state index in [1.54, 1.807) is 22.7 Å². The second kappa shape index (κ2) is 4.52. The summed E-state index contributed by atoms with van der Waals surface area (Å²) in [6.07, 6.45) is 0. The Morgan fingerprint density at radius 1 is 1.18 bits per heavy atom. The molecule has 3 aromatic heterocycles. The van der Waals surface area contributed by atoms with Crippen LogP contribution in [0.4, 0.5) is 5.13 Å². The minimum atomic E-state index is 0.811. The molecule has 0 fully saturated rings. The lowest BCUT2D eigenvalue weighted by atomic mass is 10.5. The van der Waals surface area contributed by atoms with Crippen LogP contribution in [0.1, 0.15) is 0 Å². The number of nitrogens with zero attached hydrogens (tertiary/aromatic N) is 3. The van der Waals surface area contributed by atoms with Crippen molar-refractivity contribution in [1.82, 2.24) is 15.2 Å². The maximum absolute atomic E-state index is 4.58. The summed E-state index contributed by atoms with van der Waals surface area (Å²) in [5.41, 5.74) is 0.900. The van der Waals surface area contributed by atoms with Crippen molar-refractivity contribution in [3.8, 4) is 20.6 Å². The maximum atomic E-state index is 4.58. The maximum Gasteiger partial charge on any atom is 0.205 e. The van der Waals surface area contributed by atoms with E-state index in [1.165, 1.54) is 16.2 Å². The second-order valence-corrected chi connectivity index (χ2v) is 5.96. The van der Waals surface area contributed by atoms with Crippen LogP contribution in [0.15, 0.2) is 22.9 Å². The Morgan fingerprint density at radius 2 is 2.12 bits per heavy atom. The SMILES string of the molecule is CNc1nnc(-c2csc(-c3cccs3)n2)s1. The molecule has 0 aliphatic heterocycles. The molecule has 86 valence electrons. The van der Waals surface area contributed by atoms with E-state index in [2.05, 4.69) is 31.9 Å². The van der Waals surface area contributed by atoms with E-state index in [4.69, 9.17) is 0 Å². The quantitative estimate of drug-likeness (QED) is 0.798. The third-order valence-electron chi connectivity index (χ3n) is 2.09. The van der Waals surface area contributed by atoms with Crippen molar-refractivity contribution in [1.29, 1.82) is 0 Å². The molecule has 3 aromatic rings. The van der Waals surface area contributed by atoms with Gasteiger partial charge in [-0.25, -0.2) is 4.98 Å². The first-order chi connectivity index (χ1) is 8.36. The van der Waals surface area contributed by atoms with Crippen molar-refractivity contribution in [2.75, 3.05) is 12.4 Å². The normalized spacial score (nSPS) is 10.6. The minimum Gasteiger partial charge on any atom is -0.363 e. The largest absolute Gasteiger partial charge is 0.363 e. The topological polar surface area (TPSA) is 50.7 Å². The standard InChI is InChI=1S/C10H8N4S3/c1-11-10-14-13-8(17-10)6-5-16-9(12-6)7-3-2-4-15-7/h2-5H,1H3,(H,11,14). The van der Waals surface area contributed by atoms with Crippen LogP contribution in [0.3, 0.4) is 0 Å². The zero-order valence-corrected chi connectivity index (χ0v) is 11.3. The van der Waals surface area contributed by atoms with Gasteiger partial charge in [0, 0.05) is 12.4 Å². The van der Waals surface area contributed by atoms with Crippen molar-refractivity contribution in [2.24, 2.45) is 0 Å². The molecule has 3 rings (SSSR count). The molecular weight excluding hydrogens is 272 g/mol. The van der Waals surface area contributed by atoms with Gasteiger partial charge in [0.05, 0.1) is 4.88 Å². The van der Waals surface area contributed by atoms with Crippen LogP contribution < -0.4 is 5.32 Å². The zero-order chi connectivity index (χ0) is 11.7. The van der Waals surface area contributed by atoms with Crippen LogP contribution in [0.25, 0.3) is 20.6 Å². The first-order valence-corrected chi connectivity index (χ1v) is 7.45. The number of rotatable bonds is 3. The van der Waals surface area contributed by atoms with Gasteiger partial charge in [-0.05, 0) is 11.4 Å². The molecule has 0 saturated heterocycles. The van der Waals surface area contributed by atoms with Crippen molar-refractivity contribution in [3.63, 3.8) is 0 Å².